The van der Waals surface area contributed by atoms with Crippen molar-refractivity contribution in [1.82, 2.24) is 19.8 Å². The summed E-state index contributed by atoms with van der Waals surface area (Å²) in [7, 11) is 2.23. The highest BCUT2D eigenvalue weighted by atomic mass is 15.3. The van der Waals surface area contributed by atoms with Gasteiger partial charge in [-0.1, -0.05) is 0 Å². The van der Waals surface area contributed by atoms with Crippen molar-refractivity contribution in [3.8, 4) is 0 Å². The van der Waals surface area contributed by atoms with Gasteiger partial charge in [-0.3, -0.25) is 0 Å². The number of aromatic nitrogens is 2. The van der Waals surface area contributed by atoms with Crippen molar-refractivity contribution in [2.75, 3.05) is 57.8 Å². The second kappa shape index (κ2) is 5.46. The standard InChI is InChI=1S/C17H27N5/c1-14-7-18-16(19-8-14)22-5-3-15(4-6-22)9-21-12-17(13-21)10-20(2)11-17/h7-8,15H,3-6,9-13H2,1-2H3. The van der Waals surface area contributed by atoms with Gasteiger partial charge in [-0.15, -0.1) is 0 Å². The SMILES string of the molecule is Cc1cnc(N2CCC(CN3CC4(CN(C)C4)C3)CC2)nc1. The fourth-order valence-electron chi connectivity index (χ4n) is 4.56. The van der Waals surface area contributed by atoms with Gasteiger partial charge in [-0.05, 0) is 38.3 Å². The quantitative estimate of drug-likeness (QED) is 0.839. The van der Waals surface area contributed by atoms with Crippen LogP contribution in [0.25, 0.3) is 0 Å². The summed E-state index contributed by atoms with van der Waals surface area (Å²) in [5.41, 5.74) is 1.80. The zero-order valence-corrected chi connectivity index (χ0v) is 13.8. The second-order valence-electron chi connectivity index (χ2n) is 7.83. The molecule has 0 amide bonds. The van der Waals surface area contributed by atoms with Gasteiger partial charge in [-0.2, -0.15) is 0 Å². The zero-order chi connectivity index (χ0) is 15.2. The van der Waals surface area contributed by atoms with Crippen molar-refractivity contribution in [1.29, 1.82) is 0 Å². The van der Waals surface area contributed by atoms with E-state index in [9.17, 15) is 0 Å². The van der Waals surface area contributed by atoms with Crippen LogP contribution in [0.1, 0.15) is 18.4 Å². The minimum atomic E-state index is 0.672. The fraction of sp³-hybridized carbons (Fsp3) is 0.765. The van der Waals surface area contributed by atoms with Crippen LogP contribution in [0.5, 0.6) is 0 Å². The van der Waals surface area contributed by atoms with E-state index >= 15 is 0 Å². The number of hydrogen-bond acceptors (Lipinski definition) is 5. The van der Waals surface area contributed by atoms with Crippen LogP contribution in [-0.4, -0.2) is 72.6 Å². The van der Waals surface area contributed by atoms with Crippen LogP contribution in [0.4, 0.5) is 5.95 Å². The Morgan fingerprint density at radius 2 is 1.73 bits per heavy atom. The number of rotatable bonds is 3. The highest BCUT2D eigenvalue weighted by Crippen LogP contribution is 2.39. The summed E-state index contributed by atoms with van der Waals surface area (Å²) >= 11 is 0. The van der Waals surface area contributed by atoms with Crippen molar-refractivity contribution < 1.29 is 0 Å². The maximum Gasteiger partial charge on any atom is 0.225 e. The maximum absolute atomic E-state index is 4.46. The van der Waals surface area contributed by atoms with Crippen molar-refractivity contribution in [2.24, 2.45) is 11.3 Å². The molecular formula is C17H27N5. The second-order valence-corrected chi connectivity index (χ2v) is 7.83. The van der Waals surface area contributed by atoms with E-state index in [0.29, 0.717) is 5.41 Å². The Kier molecular flexibility index (Phi) is 3.57. The molecule has 3 aliphatic heterocycles. The van der Waals surface area contributed by atoms with E-state index in [4.69, 9.17) is 0 Å². The molecule has 120 valence electrons. The molecule has 3 saturated heterocycles. The molecule has 22 heavy (non-hydrogen) atoms. The van der Waals surface area contributed by atoms with E-state index in [0.717, 1.165) is 30.5 Å². The van der Waals surface area contributed by atoms with Crippen LogP contribution in [0.15, 0.2) is 12.4 Å². The first-order valence-electron chi connectivity index (χ1n) is 8.56. The van der Waals surface area contributed by atoms with E-state index < -0.39 is 0 Å². The van der Waals surface area contributed by atoms with Crippen molar-refractivity contribution in [2.45, 2.75) is 19.8 Å². The lowest BCUT2D eigenvalue weighted by Crippen LogP contribution is -2.71. The molecule has 0 aliphatic carbocycles. The zero-order valence-electron chi connectivity index (χ0n) is 13.8. The van der Waals surface area contributed by atoms with E-state index in [-0.39, 0.29) is 0 Å². The Morgan fingerprint density at radius 1 is 1.09 bits per heavy atom. The predicted octanol–water partition coefficient (Wildman–Crippen LogP) is 1.25. The van der Waals surface area contributed by atoms with Crippen LogP contribution in [0.3, 0.4) is 0 Å². The Morgan fingerprint density at radius 3 is 2.32 bits per heavy atom. The number of nitrogens with zero attached hydrogens (tertiary/aromatic N) is 5. The molecule has 0 bridgehead atoms. The van der Waals surface area contributed by atoms with Crippen LogP contribution in [0.2, 0.25) is 0 Å². The number of piperidine rings is 1. The Hall–Kier alpha value is -1.20. The van der Waals surface area contributed by atoms with Crippen molar-refractivity contribution in [3.63, 3.8) is 0 Å². The van der Waals surface area contributed by atoms with Gasteiger partial charge in [0, 0.05) is 63.6 Å². The van der Waals surface area contributed by atoms with Gasteiger partial charge in [0.25, 0.3) is 0 Å². The van der Waals surface area contributed by atoms with Crippen molar-refractivity contribution >= 4 is 5.95 Å². The highest BCUT2D eigenvalue weighted by Gasteiger charge is 2.50. The summed E-state index contributed by atoms with van der Waals surface area (Å²) < 4.78 is 0. The van der Waals surface area contributed by atoms with Gasteiger partial charge in [0.15, 0.2) is 0 Å². The average molecular weight is 301 g/mol. The molecule has 0 aromatic carbocycles. The first kappa shape index (κ1) is 14.4. The first-order valence-corrected chi connectivity index (χ1v) is 8.56. The summed E-state index contributed by atoms with van der Waals surface area (Å²) in [6.07, 6.45) is 6.40. The van der Waals surface area contributed by atoms with Gasteiger partial charge in [0.05, 0.1) is 0 Å². The molecule has 0 saturated carbocycles. The van der Waals surface area contributed by atoms with Gasteiger partial charge in [0.2, 0.25) is 5.95 Å². The van der Waals surface area contributed by atoms with Crippen LogP contribution < -0.4 is 4.90 Å². The number of hydrogen-bond donors (Lipinski definition) is 0. The van der Waals surface area contributed by atoms with E-state index in [1.165, 1.54) is 45.6 Å². The van der Waals surface area contributed by atoms with E-state index in [1.54, 1.807) is 0 Å². The Bertz CT molecular complexity index is 506. The van der Waals surface area contributed by atoms with Gasteiger partial charge >= 0.3 is 0 Å². The smallest absolute Gasteiger partial charge is 0.225 e. The summed E-state index contributed by atoms with van der Waals surface area (Å²) in [5.74, 6) is 1.77. The Labute approximate surface area is 133 Å². The molecular weight excluding hydrogens is 274 g/mol. The molecule has 0 atom stereocenters. The average Bonchev–Trinajstić information content (AvgIpc) is 2.45. The van der Waals surface area contributed by atoms with E-state index in [1.807, 2.05) is 19.3 Å². The molecule has 3 fully saturated rings. The summed E-state index contributed by atoms with van der Waals surface area (Å²) in [6.45, 7) is 10.8. The highest BCUT2D eigenvalue weighted by molar-refractivity contribution is 5.30. The molecule has 3 aliphatic rings. The van der Waals surface area contributed by atoms with E-state index in [2.05, 4.69) is 31.7 Å². The fourth-order valence-corrected chi connectivity index (χ4v) is 4.56. The maximum atomic E-state index is 4.46. The molecule has 1 aromatic heterocycles. The molecule has 5 heteroatoms. The van der Waals surface area contributed by atoms with Crippen LogP contribution >= 0.6 is 0 Å². The van der Waals surface area contributed by atoms with Gasteiger partial charge < -0.3 is 14.7 Å². The van der Waals surface area contributed by atoms with Gasteiger partial charge in [0.1, 0.15) is 0 Å². The van der Waals surface area contributed by atoms with Crippen LogP contribution in [-0.2, 0) is 0 Å². The number of likely N-dealkylation sites (tertiary alicyclic amines) is 2. The molecule has 1 aromatic rings. The van der Waals surface area contributed by atoms with Crippen molar-refractivity contribution in [3.05, 3.63) is 18.0 Å². The number of aryl methyl sites for hydroxylation is 1. The lowest BCUT2D eigenvalue weighted by atomic mass is 9.72. The lowest BCUT2D eigenvalue weighted by molar-refractivity contribution is -0.109. The first-order chi connectivity index (χ1) is 10.6. The van der Waals surface area contributed by atoms with Gasteiger partial charge in [-0.25, -0.2) is 9.97 Å². The monoisotopic (exact) mass is 301 g/mol. The third kappa shape index (κ3) is 2.72. The third-order valence-corrected chi connectivity index (χ3v) is 5.51. The normalized spacial score (nSPS) is 26.0. The molecule has 0 N–H and O–H groups in total. The molecule has 4 rings (SSSR count). The van der Waals surface area contributed by atoms with Crippen LogP contribution in [0, 0.1) is 18.3 Å². The molecule has 0 radical (unpaired) electrons. The lowest BCUT2D eigenvalue weighted by Gasteiger charge is -2.60. The molecule has 0 unspecified atom stereocenters. The predicted molar refractivity (Wildman–Crippen MR) is 88.1 cm³/mol. The minimum absolute atomic E-state index is 0.672. The summed E-state index contributed by atoms with van der Waals surface area (Å²) in [5, 5.41) is 0. The molecule has 4 heterocycles. The molecule has 5 nitrogen and oxygen atoms in total. The topological polar surface area (TPSA) is 35.5 Å². The third-order valence-electron chi connectivity index (χ3n) is 5.51. The largest absolute Gasteiger partial charge is 0.341 e. The Balaban J connectivity index is 1.22. The summed E-state index contributed by atoms with van der Waals surface area (Å²) in [6, 6.07) is 0. The molecule has 1 spiro atoms. The summed E-state index contributed by atoms with van der Waals surface area (Å²) in [4.78, 5) is 16.4. The minimum Gasteiger partial charge on any atom is -0.341 e. The number of anilines is 1.